The molecule has 0 amide bonds. The van der Waals surface area contributed by atoms with E-state index in [1.165, 1.54) is 32.1 Å². The Morgan fingerprint density at radius 2 is 2.15 bits per heavy atom. The Bertz CT molecular complexity index is 146. The smallest absolute Gasteiger partial charge is 0.0182 e. The summed E-state index contributed by atoms with van der Waals surface area (Å²) in [6.07, 6.45) is 7.88. The van der Waals surface area contributed by atoms with Gasteiger partial charge < -0.3 is 0 Å². The third-order valence-corrected chi connectivity index (χ3v) is 3.54. The molecule has 0 heteroatoms. The summed E-state index contributed by atoms with van der Waals surface area (Å²) < 4.78 is 0. The maximum absolute atomic E-state index is 3.92. The number of hydrogen-bond donors (Lipinski definition) is 0. The zero-order chi connectivity index (χ0) is 9.90. The minimum absolute atomic E-state index is 0.489. The van der Waals surface area contributed by atoms with Crippen LogP contribution in [0.25, 0.3) is 0 Å². The number of rotatable bonds is 4. The van der Waals surface area contributed by atoms with E-state index in [1.54, 1.807) is 0 Å². The minimum atomic E-state index is 0.489. The van der Waals surface area contributed by atoms with Crippen LogP contribution in [-0.2, 0) is 0 Å². The standard InChI is InChI=1S/C13H24/c1-5-6-9-13(3,4)12-8-7-11(2)10-12/h11H,1,5-10H2,2-4H3. The molecule has 1 aliphatic rings. The van der Waals surface area contributed by atoms with Crippen LogP contribution in [0, 0.1) is 24.2 Å². The fourth-order valence-electron chi connectivity index (χ4n) is 2.40. The van der Waals surface area contributed by atoms with Gasteiger partial charge in [-0.3, -0.25) is 0 Å². The second kappa shape index (κ2) is 4.48. The van der Waals surface area contributed by atoms with Gasteiger partial charge in [0.1, 0.15) is 0 Å². The molecule has 0 saturated heterocycles. The third-order valence-electron chi connectivity index (χ3n) is 3.54. The summed E-state index contributed by atoms with van der Waals surface area (Å²) >= 11 is 0. The van der Waals surface area contributed by atoms with Crippen LogP contribution in [0.1, 0.15) is 59.3 Å². The van der Waals surface area contributed by atoms with E-state index in [0.29, 0.717) is 5.41 Å². The molecule has 1 aliphatic carbocycles. The second-order valence-corrected chi connectivity index (χ2v) is 5.29. The van der Waals surface area contributed by atoms with Crippen molar-refractivity contribution >= 4 is 0 Å². The summed E-state index contributed by atoms with van der Waals surface area (Å²) in [4.78, 5) is 0. The molecule has 0 bridgehead atoms. The van der Waals surface area contributed by atoms with Crippen LogP contribution < -0.4 is 0 Å². The van der Waals surface area contributed by atoms with Gasteiger partial charge in [0.15, 0.2) is 0 Å². The summed E-state index contributed by atoms with van der Waals surface area (Å²) in [6.45, 7) is 11.1. The Balaban J connectivity index is 2.39. The van der Waals surface area contributed by atoms with E-state index < -0.39 is 0 Å². The first kappa shape index (κ1) is 11.1. The molecule has 13 heavy (non-hydrogen) atoms. The summed E-state index contributed by atoms with van der Waals surface area (Å²) in [5.41, 5.74) is 0.489. The van der Waals surface area contributed by atoms with Crippen LogP contribution in [0.4, 0.5) is 0 Å². The van der Waals surface area contributed by atoms with Crippen LogP contribution in [0.5, 0.6) is 0 Å². The van der Waals surface area contributed by atoms with Gasteiger partial charge in [0, 0.05) is 0 Å². The molecule has 0 aliphatic heterocycles. The molecule has 1 rings (SSSR count). The van der Waals surface area contributed by atoms with Crippen molar-refractivity contribution in [2.75, 3.05) is 0 Å². The van der Waals surface area contributed by atoms with Crippen molar-refractivity contribution < 1.29 is 0 Å². The molecule has 0 aromatic heterocycles. The quantitative estimate of drug-likeness (QED) is 0.601. The third kappa shape index (κ3) is 3.00. The average molecular weight is 180 g/mol. The molecule has 0 spiro atoms. The molecule has 0 N–H and O–H groups in total. The highest BCUT2D eigenvalue weighted by atomic mass is 14.4. The first-order chi connectivity index (χ1) is 6.06. The Morgan fingerprint density at radius 3 is 2.62 bits per heavy atom. The van der Waals surface area contributed by atoms with Gasteiger partial charge in [-0.2, -0.15) is 0 Å². The zero-order valence-electron chi connectivity index (χ0n) is 9.53. The predicted molar refractivity (Wildman–Crippen MR) is 59.2 cm³/mol. The maximum atomic E-state index is 3.92. The monoisotopic (exact) mass is 180 g/mol. The molecule has 1 atom stereocenters. The van der Waals surface area contributed by atoms with Gasteiger partial charge in [0.25, 0.3) is 0 Å². The van der Waals surface area contributed by atoms with Crippen LogP contribution in [0.2, 0.25) is 0 Å². The molecule has 1 saturated carbocycles. The highest BCUT2D eigenvalue weighted by molar-refractivity contribution is 5.07. The summed E-state index contributed by atoms with van der Waals surface area (Å²) in [5.74, 6) is 2.75. The molecular weight excluding hydrogens is 156 g/mol. The topological polar surface area (TPSA) is 0 Å². The van der Waals surface area contributed by atoms with E-state index >= 15 is 0 Å². The largest absolute Gasteiger partial charge is 0.0625 e. The number of hydrogen-bond acceptors (Lipinski definition) is 0. The lowest BCUT2D eigenvalue weighted by Crippen LogP contribution is -2.20. The van der Waals surface area contributed by atoms with Gasteiger partial charge in [-0.15, -0.1) is 0 Å². The van der Waals surface area contributed by atoms with Crippen LogP contribution >= 0.6 is 0 Å². The van der Waals surface area contributed by atoms with Crippen molar-refractivity contribution in [3.8, 4) is 0 Å². The SMILES string of the molecule is [CH2]CCCC(C)(C)[C]1CCC(C)C1. The van der Waals surface area contributed by atoms with Gasteiger partial charge in [-0.25, -0.2) is 0 Å². The van der Waals surface area contributed by atoms with Crippen molar-refractivity contribution in [3.05, 3.63) is 12.8 Å². The first-order valence-corrected chi connectivity index (χ1v) is 5.70. The lowest BCUT2D eigenvalue weighted by atomic mass is 9.74. The van der Waals surface area contributed by atoms with Crippen LogP contribution in [0.15, 0.2) is 0 Å². The molecular formula is C13H24. The fraction of sp³-hybridized carbons (Fsp3) is 0.846. The maximum Gasteiger partial charge on any atom is -0.0182 e. The Hall–Kier alpha value is 0. The van der Waals surface area contributed by atoms with Gasteiger partial charge >= 0.3 is 0 Å². The summed E-state index contributed by atoms with van der Waals surface area (Å²) in [5, 5.41) is 0. The molecule has 1 unspecified atom stereocenters. The molecule has 0 aromatic rings. The van der Waals surface area contributed by atoms with Gasteiger partial charge in [0.2, 0.25) is 0 Å². The average Bonchev–Trinajstić information content (AvgIpc) is 2.49. The van der Waals surface area contributed by atoms with Crippen molar-refractivity contribution in [2.24, 2.45) is 11.3 Å². The first-order valence-electron chi connectivity index (χ1n) is 5.70. The van der Waals surface area contributed by atoms with E-state index in [0.717, 1.165) is 12.3 Å². The summed E-state index contributed by atoms with van der Waals surface area (Å²) in [6, 6.07) is 0. The van der Waals surface area contributed by atoms with Crippen molar-refractivity contribution in [1.29, 1.82) is 0 Å². The van der Waals surface area contributed by atoms with Crippen LogP contribution in [0.3, 0.4) is 0 Å². The number of unbranched alkanes of at least 4 members (excludes halogenated alkanes) is 1. The molecule has 2 radical (unpaired) electrons. The van der Waals surface area contributed by atoms with E-state index in [4.69, 9.17) is 0 Å². The van der Waals surface area contributed by atoms with Crippen molar-refractivity contribution in [1.82, 2.24) is 0 Å². The van der Waals surface area contributed by atoms with Gasteiger partial charge in [-0.05, 0) is 36.5 Å². The molecule has 76 valence electrons. The minimum Gasteiger partial charge on any atom is -0.0625 e. The zero-order valence-corrected chi connectivity index (χ0v) is 9.53. The lowest BCUT2D eigenvalue weighted by molar-refractivity contribution is 0.326. The van der Waals surface area contributed by atoms with Crippen molar-refractivity contribution in [3.63, 3.8) is 0 Å². The van der Waals surface area contributed by atoms with E-state index in [1.807, 2.05) is 5.92 Å². The lowest BCUT2D eigenvalue weighted by Gasteiger charge is -2.31. The molecule has 0 heterocycles. The van der Waals surface area contributed by atoms with E-state index in [9.17, 15) is 0 Å². The fourth-order valence-corrected chi connectivity index (χ4v) is 2.40. The molecule has 1 fully saturated rings. The highest BCUT2D eigenvalue weighted by Gasteiger charge is 2.34. The molecule has 0 aromatic carbocycles. The Morgan fingerprint density at radius 1 is 1.46 bits per heavy atom. The van der Waals surface area contributed by atoms with Gasteiger partial charge in [-0.1, -0.05) is 47.0 Å². The Labute approximate surface area is 84.1 Å². The summed E-state index contributed by atoms with van der Waals surface area (Å²) in [7, 11) is 0. The van der Waals surface area contributed by atoms with E-state index in [2.05, 4.69) is 27.7 Å². The van der Waals surface area contributed by atoms with Crippen LogP contribution in [-0.4, -0.2) is 0 Å². The normalized spacial score (nSPS) is 25.4. The second-order valence-electron chi connectivity index (χ2n) is 5.29. The van der Waals surface area contributed by atoms with E-state index in [-0.39, 0.29) is 0 Å². The predicted octanol–water partition coefficient (Wildman–Crippen LogP) is 4.41. The highest BCUT2D eigenvalue weighted by Crippen LogP contribution is 2.46. The molecule has 0 nitrogen and oxygen atoms in total. The van der Waals surface area contributed by atoms with Gasteiger partial charge in [0.05, 0.1) is 0 Å². The van der Waals surface area contributed by atoms with Crippen molar-refractivity contribution in [2.45, 2.75) is 59.3 Å². The Kier molecular flexibility index (Phi) is 3.82.